The van der Waals surface area contributed by atoms with E-state index in [1.54, 1.807) is 6.08 Å². The number of amides is 1. The van der Waals surface area contributed by atoms with Gasteiger partial charge in [-0.15, -0.1) is 0 Å². The van der Waals surface area contributed by atoms with Gasteiger partial charge in [0.2, 0.25) is 5.91 Å². The fourth-order valence-corrected chi connectivity index (χ4v) is 9.57. The molecule has 0 aliphatic rings. The predicted molar refractivity (Wildman–Crippen MR) is 306 cm³/mol. The molecule has 2 atom stereocenters. The Morgan fingerprint density at radius 3 is 1.04 bits per heavy atom. The minimum absolute atomic E-state index is 0.00780. The summed E-state index contributed by atoms with van der Waals surface area (Å²) in [5, 5.41) is 23.2. The lowest BCUT2D eigenvalue weighted by atomic mass is 10.0. The molecule has 0 aliphatic heterocycles. The Labute approximate surface area is 436 Å². The minimum atomic E-state index is -0.855. The maximum absolute atomic E-state index is 12.5. The molecule has 0 aromatic heterocycles. The molecule has 0 aromatic carbocycles. The normalized spacial score (nSPS) is 12.8. The van der Waals surface area contributed by atoms with Crippen molar-refractivity contribution in [2.24, 2.45) is 0 Å². The van der Waals surface area contributed by atoms with Crippen molar-refractivity contribution in [2.75, 3.05) is 13.2 Å². The number of aliphatic hydroxyl groups is 2. The molecule has 1 amide bonds. The van der Waals surface area contributed by atoms with Gasteiger partial charge in [0.15, 0.2) is 0 Å². The maximum atomic E-state index is 12.5. The van der Waals surface area contributed by atoms with E-state index in [0.717, 1.165) is 64.2 Å². The number of nitrogens with one attached hydrogen (secondary N) is 1. The highest BCUT2D eigenvalue weighted by molar-refractivity contribution is 5.76. The van der Waals surface area contributed by atoms with Gasteiger partial charge in [-0.25, -0.2) is 0 Å². The van der Waals surface area contributed by atoms with Crippen LogP contribution in [-0.4, -0.2) is 47.4 Å². The molecule has 6 nitrogen and oxygen atoms in total. The van der Waals surface area contributed by atoms with Crippen molar-refractivity contribution in [1.29, 1.82) is 0 Å². The largest absolute Gasteiger partial charge is 0.466 e. The van der Waals surface area contributed by atoms with Gasteiger partial charge in [-0.1, -0.05) is 275 Å². The van der Waals surface area contributed by atoms with Gasteiger partial charge >= 0.3 is 5.97 Å². The molecule has 0 saturated heterocycles. The van der Waals surface area contributed by atoms with Crippen molar-refractivity contribution in [2.45, 2.75) is 347 Å². The smallest absolute Gasteiger partial charge is 0.305 e. The van der Waals surface area contributed by atoms with E-state index in [9.17, 15) is 19.8 Å². The van der Waals surface area contributed by atoms with E-state index < -0.39 is 12.1 Å². The summed E-state index contributed by atoms with van der Waals surface area (Å²) >= 11 is 0. The van der Waals surface area contributed by atoms with Crippen LogP contribution in [0.4, 0.5) is 0 Å². The third kappa shape index (κ3) is 55.4. The quantitative estimate of drug-likeness (QED) is 0.0321. The second-order valence-corrected chi connectivity index (χ2v) is 21.4. The number of unbranched alkanes of at least 4 members (excludes halogenated alkanes) is 43. The highest BCUT2D eigenvalue weighted by atomic mass is 16.5. The standard InChI is InChI=1S/C64H121NO5/c1-3-5-7-9-11-13-15-17-18-19-20-21-22-23-24-27-30-33-36-40-44-48-52-56-62(67)61(60-66)65-63(68)57-53-49-45-41-37-34-31-28-25-26-29-32-35-39-43-47-51-55-59-70-64(69)58-54-50-46-42-38-16-14-12-10-8-6-4-2/h12,14,28,31,52,56,61-62,66-67H,3-11,13,15-27,29-30,32-51,53-55,57-60H2,1-2H3,(H,65,68)/b14-12-,31-28-,56-52+. The molecular formula is C64H121NO5. The van der Waals surface area contributed by atoms with E-state index in [0.29, 0.717) is 19.4 Å². The summed E-state index contributed by atoms with van der Waals surface area (Å²) in [6.45, 7) is 4.88. The van der Waals surface area contributed by atoms with Crippen molar-refractivity contribution >= 4 is 11.9 Å². The summed E-state index contributed by atoms with van der Waals surface area (Å²) in [6, 6.07) is -0.640. The van der Waals surface area contributed by atoms with Gasteiger partial charge in [0.05, 0.1) is 25.4 Å². The Balaban J connectivity index is 3.49. The lowest BCUT2D eigenvalue weighted by molar-refractivity contribution is -0.143. The van der Waals surface area contributed by atoms with E-state index >= 15 is 0 Å². The molecular weight excluding hydrogens is 863 g/mol. The lowest BCUT2D eigenvalue weighted by Gasteiger charge is -2.20. The molecule has 0 aromatic rings. The molecule has 0 fully saturated rings. The zero-order chi connectivity index (χ0) is 50.7. The number of esters is 1. The summed E-state index contributed by atoms with van der Waals surface area (Å²) in [4.78, 5) is 24.5. The monoisotopic (exact) mass is 984 g/mol. The fraction of sp³-hybridized carbons (Fsp3) is 0.875. The van der Waals surface area contributed by atoms with Crippen molar-refractivity contribution in [3.63, 3.8) is 0 Å². The Morgan fingerprint density at radius 2 is 0.671 bits per heavy atom. The van der Waals surface area contributed by atoms with Crippen molar-refractivity contribution in [3.05, 3.63) is 36.5 Å². The lowest BCUT2D eigenvalue weighted by Crippen LogP contribution is -2.45. The van der Waals surface area contributed by atoms with Crippen molar-refractivity contribution in [3.8, 4) is 0 Å². The number of hydrogen-bond donors (Lipinski definition) is 3. The Morgan fingerprint density at radius 1 is 0.386 bits per heavy atom. The summed E-state index contributed by atoms with van der Waals surface area (Å²) in [6.07, 6.45) is 74.7. The second-order valence-electron chi connectivity index (χ2n) is 21.4. The average Bonchev–Trinajstić information content (AvgIpc) is 3.36. The first kappa shape index (κ1) is 68.1. The van der Waals surface area contributed by atoms with Gasteiger partial charge < -0.3 is 20.3 Å². The van der Waals surface area contributed by atoms with Crippen LogP contribution in [0.3, 0.4) is 0 Å². The van der Waals surface area contributed by atoms with Gasteiger partial charge in [-0.05, 0) is 83.5 Å². The van der Waals surface area contributed by atoms with Crippen LogP contribution in [0, 0.1) is 0 Å². The Hall–Kier alpha value is -1.92. The SMILES string of the molecule is CCCCC/C=C\CCCCCCCC(=O)OCCCCCCCCCCC/C=C\CCCCCCCC(=O)NC(CO)C(O)/C=C/CCCCCCCCCCCCCCCCCCCCCCC. The molecule has 0 rings (SSSR count). The zero-order valence-corrected chi connectivity index (χ0v) is 47.0. The first-order valence-electron chi connectivity index (χ1n) is 31.3. The summed E-state index contributed by atoms with van der Waals surface area (Å²) in [5.74, 6) is -0.0876. The highest BCUT2D eigenvalue weighted by Gasteiger charge is 2.18. The van der Waals surface area contributed by atoms with Gasteiger partial charge in [0, 0.05) is 12.8 Å². The molecule has 6 heteroatoms. The van der Waals surface area contributed by atoms with Gasteiger partial charge in [-0.2, -0.15) is 0 Å². The molecule has 3 N–H and O–H groups in total. The molecule has 2 unspecified atom stereocenters. The van der Waals surface area contributed by atoms with Crippen LogP contribution in [0.5, 0.6) is 0 Å². The summed E-state index contributed by atoms with van der Waals surface area (Å²) in [7, 11) is 0. The number of aliphatic hydroxyl groups excluding tert-OH is 2. The fourth-order valence-electron chi connectivity index (χ4n) is 9.57. The van der Waals surface area contributed by atoms with Gasteiger partial charge in [0.1, 0.15) is 0 Å². The molecule has 0 bridgehead atoms. The van der Waals surface area contributed by atoms with Gasteiger partial charge in [0.25, 0.3) is 0 Å². The van der Waals surface area contributed by atoms with Crippen LogP contribution in [0.15, 0.2) is 36.5 Å². The molecule has 70 heavy (non-hydrogen) atoms. The van der Waals surface area contributed by atoms with E-state index in [2.05, 4.69) is 43.5 Å². The van der Waals surface area contributed by atoms with Crippen LogP contribution in [0.25, 0.3) is 0 Å². The molecule has 412 valence electrons. The predicted octanol–water partition coefficient (Wildman–Crippen LogP) is 19.6. The first-order valence-corrected chi connectivity index (χ1v) is 31.3. The van der Waals surface area contributed by atoms with Crippen molar-refractivity contribution < 1.29 is 24.5 Å². The molecule has 0 radical (unpaired) electrons. The van der Waals surface area contributed by atoms with Crippen LogP contribution in [0.2, 0.25) is 0 Å². The molecule has 0 spiro atoms. The van der Waals surface area contributed by atoms with Crippen LogP contribution >= 0.6 is 0 Å². The first-order chi connectivity index (χ1) is 34.5. The third-order valence-electron chi connectivity index (χ3n) is 14.4. The number of allylic oxidation sites excluding steroid dienone is 5. The number of carbonyl (C=O) groups excluding carboxylic acids is 2. The summed E-state index contributed by atoms with van der Waals surface area (Å²) < 4.78 is 5.46. The molecule has 0 heterocycles. The van der Waals surface area contributed by atoms with Crippen LogP contribution < -0.4 is 5.32 Å². The van der Waals surface area contributed by atoms with Crippen LogP contribution in [-0.2, 0) is 14.3 Å². The minimum Gasteiger partial charge on any atom is -0.466 e. The Bertz CT molecular complexity index is 1130. The molecule has 0 aliphatic carbocycles. The van der Waals surface area contributed by atoms with Gasteiger partial charge in [-0.3, -0.25) is 9.59 Å². The van der Waals surface area contributed by atoms with E-state index in [-0.39, 0.29) is 18.5 Å². The van der Waals surface area contributed by atoms with E-state index in [4.69, 9.17) is 4.74 Å². The van der Waals surface area contributed by atoms with E-state index in [1.807, 2.05) is 6.08 Å². The van der Waals surface area contributed by atoms with E-state index in [1.165, 1.54) is 244 Å². The molecule has 0 saturated carbocycles. The second kappa shape index (κ2) is 59.6. The number of carbonyl (C=O) groups is 2. The average molecular weight is 985 g/mol. The number of ether oxygens (including phenoxy) is 1. The number of hydrogen-bond acceptors (Lipinski definition) is 5. The van der Waals surface area contributed by atoms with Crippen LogP contribution in [0.1, 0.15) is 335 Å². The third-order valence-corrected chi connectivity index (χ3v) is 14.4. The Kier molecular flexibility index (Phi) is 58.0. The summed E-state index contributed by atoms with van der Waals surface area (Å²) in [5.41, 5.74) is 0. The highest BCUT2D eigenvalue weighted by Crippen LogP contribution is 2.17. The van der Waals surface area contributed by atoms with Crippen molar-refractivity contribution in [1.82, 2.24) is 5.32 Å². The maximum Gasteiger partial charge on any atom is 0.305 e. The topological polar surface area (TPSA) is 95.9 Å². The zero-order valence-electron chi connectivity index (χ0n) is 47.0. The number of rotatable bonds is 58.